The maximum Gasteiger partial charge on any atom is 0.0453 e. The van der Waals surface area contributed by atoms with Crippen molar-refractivity contribution < 1.29 is 0 Å². The molecule has 1 N–H and O–H groups in total. The summed E-state index contributed by atoms with van der Waals surface area (Å²) in [5.74, 6) is 0. The Morgan fingerprint density at radius 1 is 1.05 bits per heavy atom. The van der Waals surface area contributed by atoms with Crippen molar-refractivity contribution in [3.05, 3.63) is 76.8 Å². The molecule has 0 saturated carbocycles. The Labute approximate surface area is 119 Å². The van der Waals surface area contributed by atoms with Gasteiger partial charge in [-0.1, -0.05) is 72.3 Å². The van der Waals surface area contributed by atoms with Crippen LogP contribution in [0.4, 0.5) is 0 Å². The lowest BCUT2D eigenvalue weighted by molar-refractivity contribution is 0.618. The highest BCUT2D eigenvalue weighted by Gasteiger charge is 2.06. The van der Waals surface area contributed by atoms with E-state index in [9.17, 15) is 0 Å². The molecule has 2 heteroatoms. The van der Waals surface area contributed by atoms with Crippen molar-refractivity contribution in [2.24, 2.45) is 0 Å². The second-order valence-electron chi connectivity index (χ2n) is 4.46. The largest absolute Gasteiger partial charge is 0.307 e. The Bertz CT molecular complexity index is 534. The van der Waals surface area contributed by atoms with E-state index in [-0.39, 0.29) is 6.04 Å². The fourth-order valence-electron chi connectivity index (χ4n) is 1.94. The molecule has 0 bridgehead atoms. The molecule has 0 aromatic heterocycles. The molecule has 0 amide bonds. The van der Waals surface area contributed by atoms with Gasteiger partial charge in [-0.05, 0) is 24.1 Å². The smallest absolute Gasteiger partial charge is 0.0453 e. The van der Waals surface area contributed by atoms with Gasteiger partial charge in [0.25, 0.3) is 0 Å². The molecule has 0 saturated heterocycles. The molecule has 1 atom stereocenters. The third kappa shape index (κ3) is 4.23. The Kier molecular flexibility index (Phi) is 5.20. The van der Waals surface area contributed by atoms with Gasteiger partial charge in [-0.2, -0.15) is 0 Å². The van der Waals surface area contributed by atoms with Crippen molar-refractivity contribution in [3.63, 3.8) is 0 Å². The highest BCUT2D eigenvalue weighted by molar-refractivity contribution is 6.31. The Morgan fingerprint density at radius 2 is 1.74 bits per heavy atom. The standard InChI is InChI=1S/C17H18ClN/c1-14(16-11-5-6-12-17(16)18)19-13-7-10-15-8-3-2-4-9-15/h2-12,14,19H,13H2,1H3/b10-7+/t14-/m0/s1. The molecule has 0 aliphatic rings. The summed E-state index contributed by atoms with van der Waals surface area (Å²) in [5.41, 5.74) is 2.35. The van der Waals surface area contributed by atoms with E-state index < -0.39 is 0 Å². The molecular formula is C17H18ClN. The summed E-state index contributed by atoms with van der Waals surface area (Å²) < 4.78 is 0. The van der Waals surface area contributed by atoms with E-state index in [2.05, 4.69) is 42.6 Å². The maximum absolute atomic E-state index is 6.17. The fourth-order valence-corrected chi connectivity index (χ4v) is 2.24. The molecule has 0 radical (unpaired) electrons. The molecule has 0 unspecified atom stereocenters. The third-order valence-corrected chi connectivity index (χ3v) is 3.37. The number of benzene rings is 2. The molecule has 19 heavy (non-hydrogen) atoms. The van der Waals surface area contributed by atoms with Crippen molar-refractivity contribution in [1.29, 1.82) is 0 Å². The van der Waals surface area contributed by atoms with Crippen LogP contribution in [-0.4, -0.2) is 6.54 Å². The van der Waals surface area contributed by atoms with Gasteiger partial charge in [-0.25, -0.2) is 0 Å². The lowest BCUT2D eigenvalue weighted by Gasteiger charge is -2.14. The van der Waals surface area contributed by atoms with Gasteiger partial charge in [0.15, 0.2) is 0 Å². The topological polar surface area (TPSA) is 12.0 Å². The molecule has 2 rings (SSSR count). The fraction of sp³-hybridized carbons (Fsp3) is 0.176. The summed E-state index contributed by atoms with van der Waals surface area (Å²) in [6.45, 7) is 2.94. The molecular weight excluding hydrogens is 254 g/mol. The second-order valence-corrected chi connectivity index (χ2v) is 4.87. The monoisotopic (exact) mass is 271 g/mol. The molecule has 0 spiro atoms. The van der Waals surface area contributed by atoms with Crippen LogP contribution in [0.5, 0.6) is 0 Å². The number of nitrogens with one attached hydrogen (secondary N) is 1. The van der Waals surface area contributed by atoms with E-state index in [0.29, 0.717) is 0 Å². The van der Waals surface area contributed by atoms with Gasteiger partial charge in [-0.15, -0.1) is 0 Å². The summed E-state index contributed by atoms with van der Waals surface area (Å²) >= 11 is 6.17. The summed E-state index contributed by atoms with van der Waals surface area (Å²) in [5, 5.41) is 4.25. The lowest BCUT2D eigenvalue weighted by Crippen LogP contribution is -2.18. The summed E-state index contributed by atoms with van der Waals surface area (Å²) in [7, 11) is 0. The number of hydrogen-bond acceptors (Lipinski definition) is 1. The van der Waals surface area contributed by atoms with Gasteiger partial charge >= 0.3 is 0 Å². The highest BCUT2D eigenvalue weighted by atomic mass is 35.5. The molecule has 0 aliphatic carbocycles. The second kappa shape index (κ2) is 7.13. The van der Waals surface area contributed by atoms with Crippen LogP contribution in [0.3, 0.4) is 0 Å². The van der Waals surface area contributed by atoms with Crippen LogP contribution in [0.1, 0.15) is 24.1 Å². The van der Waals surface area contributed by atoms with Crippen molar-refractivity contribution in [2.45, 2.75) is 13.0 Å². The first kappa shape index (κ1) is 13.9. The van der Waals surface area contributed by atoms with E-state index in [4.69, 9.17) is 11.6 Å². The predicted octanol–water partition coefficient (Wildman–Crippen LogP) is 4.70. The predicted molar refractivity (Wildman–Crippen MR) is 83.3 cm³/mol. The quantitative estimate of drug-likeness (QED) is 0.831. The van der Waals surface area contributed by atoms with Crippen molar-refractivity contribution >= 4 is 17.7 Å². The molecule has 0 aliphatic heterocycles. The third-order valence-electron chi connectivity index (χ3n) is 3.02. The average Bonchev–Trinajstić information content (AvgIpc) is 2.45. The van der Waals surface area contributed by atoms with Crippen LogP contribution < -0.4 is 5.32 Å². The highest BCUT2D eigenvalue weighted by Crippen LogP contribution is 2.21. The Balaban J connectivity index is 1.86. The van der Waals surface area contributed by atoms with Crippen LogP contribution in [0.25, 0.3) is 6.08 Å². The molecule has 0 fully saturated rings. The normalized spacial score (nSPS) is 12.7. The van der Waals surface area contributed by atoms with Gasteiger partial charge in [0.2, 0.25) is 0 Å². The number of hydrogen-bond donors (Lipinski definition) is 1. The molecule has 0 heterocycles. The zero-order chi connectivity index (χ0) is 13.5. The summed E-state index contributed by atoms with van der Waals surface area (Å²) in [6, 6.07) is 18.5. The van der Waals surface area contributed by atoms with Crippen molar-refractivity contribution in [3.8, 4) is 0 Å². The van der Waals surface area contributed by atoms with Gasteiger partial charge < -0.3 is 5.32 Å². The maximum atomic E-state index is 6.17. The summed E-state index contributed by atoms with van der Waals surface area (Å²) in [6.07, 6.45) is 4.25. The van der Waals surface area contributed by atoms with Gasteiger partial charge in [0, 0.05) is 17.6 Å². The Hall–Kier alpha value is -1.57. The zero-order valence-corrected chi connectivity index (χ0v) is 11.8. The van der Waals surface area contributed by atoms with Gasteiger partial charge in [0.05, 0.1) is 0 Å². The minimum atomic E-state index is 0.245. The van der Waals surface area contributed by atoms with Crippen LogP contribution in [-0.2, 0) is 0 Å². The zero-order valence-electron chi connectivity index (χ0n) is 11.0. The van der Waals surface area contributed by atoms with E-state index in [0.717, 1.165) is 17.1 Å². The minimum absolute atomic E-state index is 0.245. The SMILES string of the molecule is C[C@H](NC/C=C/c1ccccc1)c1ccccc1Cl. The van der Waals surface area contributed by atoms with Gasteiger partial charge in [0.1, 0.15) is 0 Å². The first-order valence-corrected chi connectivity index (χ1v) is 6.84. The van der Waals surface area contributed by atoms with Crippen LogP contribution in [0, 0.1) is 0 Å². The average molecular weight is 272 g/mol. The molecule has 2 aromatic carbocycles. The number of rotatable bonds is 5. The number of halogens is 1. The first-order chi connectivity index (χ1) is 9.27. The van der Waals surface area contributed by atoms with Crippen molar-refractivity contribution in [2.75, 3.05) is 6.54 Å². The van der Waals surface area contributed by atoms with Crippen LogP contribution in [0.15, 0.2) is 60.7 Å². The summed E-state index contributed by atoms with van der Waals surface area (Å²) in [4.78, 5) is 0. The lowest BCUT2D eigenvalue weighted by atomic mass is 10.1. The minimum Gasteiger partial charge on any atom is -0.307 e. The van der Waals surface area contributed by atoms with E-state index in [1.165, 1.54) is 5.56 Å². The van der Waals surface area contributed by atoms with E-state index in [1.807, 2.05) is 36.4 Å². The molecule has 1 nitrogen and oxygen atoms in total. The molecule has 2 aromatic rings. The van der Waals surface area contributed by atoms with Gasteiger partial charge in [-0.3, -0.25) is 0 Å². The van der Waals surface area contributed by atoms with Crippen LogP contribution >= 0.6 is 11.6 Å². The van der Waals surface area contributed by atoms with E-state index in [1.54, 1.807) is 0 Å². The van der Waals surface area contributed by atoms with Crippen LogP contribution in [0.2, 0.25) is 5.02 Å². The van der Waals surface area contributed by atoms with E-state index >= 15 is 0 Å². The Morgan fingerprint density at radius 3 is 2.47 bits per heavy atom. The first-order valence-electron chi connectivity index (χ1n) is 6.47. The molecule has 98 valence electrons. The van der Waals surface area contributed by atoms with Crippen molar-refractivity contribution in [1.82, 2.24) is 5.32 Å².